The van der Waals surface area contributed by atoms with E-state index in [0.717, 1.165) is 23.2 Å². The molecule has 5 heteroatoms. The Morgan fingerprint density at radius 1 is 1.33 bits per heavy atom. The summed E-state index contributed by atoms with van der Waals surface area (Å²) in [6, 6.07) is 5.96. The van der Waals surface area contributed by atoms with Crippen LogP contribution in [0.25, 0.3) is 0 Å². The van der Waals surface area contributed by atoms with Crippen molar-refractivity contribution in [1.29, 1.82) is 0 Å². The highest BCUT2D eigenvalue weighted by Crippen LogP contribution is 2.33. The second kappa shape index (κ2) is 4.90. The summed E-state index contributed by atoms with van der Waals surface area (Å²) in [5, 5.41) is 0. The van der Waals surface area contributed by atoms with Gasteiger partial charge in [0.15, 0.2) is 0 Å². The molecular weight excluding hydrogens is 248 g/mol. The zero-order valence-corrected chi connectivity index (χ0v) is 11.9. The van der Waals surface area contributed by atoms with E-state index in [0.29, 0.717) is 19.0 Å². The van der Waals surface area contributed by atoms with Gasteiger partial charge in [0, 0.05) is 13.1 Å². The SMILES string of the molecule is Cc1cccc(C(C)C)c1N1CCCNS1(=O)=O. The van der Waals surface area contributed by atoms with E-state index >= 15 is 0 Å². The van der Waals surface area contributed by atoms with Crippen molar-refractivity contribution < 1.29 is 8.42 Å². The summed E-state index contributed by atoms with van der Waals surface area (Å²) >= 11 is 0. The number of hydrogen-bond donors (Lipinski definition) is 1. The molecule has 1 aromatic carbocycles. The van der Waals surface area contributed by atoms with Gasteiger partial charge in [-0.25, -0.2) is 0 Å². The van der Waals surface area contributed by atoms with E-state index in [1.54, 1.807) is 0 Å². The minimum absolute atomic E-state index is 0.303. The van der Waals surface area contributed by atoms with E-state index in [2.05, 4.69) is 18.6 Å². The van der Waals surface area contributed by atoms with Crippen LogP contribution in [0.4, 0.5) is 5.69 Å². The van der Waals surface area contributed by atoms with Gasteiger partial charge in [0.25, 0.3) is 0 Å². The number of hydrogen-bond acceptors (Lipinski definition) is 2. The summed E-state index contributed by atoms with van der Waals surface area (Å²) in [5.41, 5.74) is 2.94. The third-order valence-electron chi connectivity index (χ3n) is 3.25. The van der Waals surface area contributed by atoms with Gasteiger partial charge in [0.05, 0.1) is 5.69 Å². The largest absolute Gasteiger partial charge is 0.301 e. The predicted octanol–water partition coefficient (Wildman–Crippen LogP) is 2.16. The fourth-order valence-corrected chi connectivity index (χ4v) is 3.76. The zero-order valence-electron chi connectivity index (χ0n) is 11.1. The Morgan fingerprint density at radius 3 is 2.67 bits per heavy atom. The average molecular weight is 268 g/mol. The number of rotatable bonds is 2. The second-order valence-electron chi connectivity index (χ2n) is 4.99. The Hall–Kier alpha value is -1.07. The summed E-state index contributed by atoms with van der Waals surface area (Å²) < 4.78 is 28.4. The molecule has 0 atom stereocenters. The lowest BCUT2D eigenvalue weighted by molar-refractivity contribution is 0.559. The van der Waals surface area contributed by atoms with Crippen LogP contribution < -0.4 is 9.03 Å². The molecule has 1 N–H and O–H groups in total. The Balaban J connectivity index is 2.56. The second-order valence-corrected chi connectivity index (χ2v) is 6.67. The number of aryl methyl sites for hydroxylation is 1. The van der Waals surface area contributed by atoms with Crippen LogP contribution in [0.5, 0.6) is 0 Å². The Kier molecular flexibility index (Phi) is 3.64. The number of nitrogens with zero attached hydrogens (tertiary/aromatic N) is 1. The summed E-state index contributed by atoms with van der Waals surface area (Å²) in [7, 11) is -3.37. The molecule has 0 aromatic heterocycles. The third-order valence-corrected chi connectivity index (χ3v) is 4.77. The van der Waals surface area contributed by atoms with Crippen molar-refractivity contribution >= 4 is 15.9 Å². The molecule has 1 heterocycles. The molecule has 1 aliphatic rings. The first-order chi connectivity index (χ1) is 8.43. The van der Waals surface area contributed by atoms with Crippen molar-refractivity contribution in [2.45, 2.75) is 33.1 Å². The van der Waals surface area contributed by atoms with Crippen LogP contribution in [0.1, 0.15) is 37.3 Å². The van der Waals surface area contributed by atoms with Gasteiger partial charge in [0.1, 0.15) is 0 Å². The maximum absolute atomic E-state index is 12.1. The van der Waals surface area contributed by atoms with E-state index in [9.17, 15) is 8.42 Å². The zero-order chi connectivity index (χ0) is 13.3. The number of anilines is 1. The predicted molar refractivity (Wildman–Crippen MR) is 74.2 cm³/mol. The van der Waals surface area contributed by atoms with E-state index in [1.807, 2.05) is 25.1 Å². The van der Waals surface area contributed by atoms with Crippen LogP contribution in [0.3, 0.4) is 0 Å². The van der Waals surface area contributed by atoms with Gasteiger partial charge < -0.3 is 0 Å². The van der Waals surface area contributed by atoms with E-state index < -0.39 is 10.2 Å². The van der Waals surface area contributed by atoms with Gasteiger partial charge in [-0.2, -0.15) is 13.1 Å². The van der Waals surface area contributed by atoms with E-state index in [-0.39, 0.29) is 0 Å². The first kappa shape index (κ1) is 13.4. The summed E-state index contributed by atoms with van der Waals surface area (Å²) in [5.74, 6) is 0.303. The molecule has 0 aliphatic carbocycles. The minimum atomic E-state index is -3.37. The smallest absolute Gasteiger partial charge is 0.257 e. The lowest BCUT2D eigenvalue weighted by atomic mass is 9.98. The Labute approximate surface area is 109 Å². The van der Waals surface area contributed by atoms with Crippen LogP contribution in [-0.2, 0) is 10.2 Å². The molecule has 0 saturated carbocycles. The molecule has 18 heavy (non-hydrogen) atoms. The van der Waals surface area contributed by atoms with Gasteiger partial charge in [-0.3, -0.25) is 4.31 Å². The maximum atomic E-state index is 12.1. The van der Waals surface area contributed by atoms with Gasteiger partial charge in [-0.05, 0) is 30.4 Å². The quantitative estimate of drug-likeness (QED) is 0.893. The molecule has 0 radical (unpaired) electrons. The topological polar surface area (TPSA) is 49.4 Å². The first-order valence-corrected chi connectivity index (χ1v) is 7.74. The van der Waals surface area contributed by atoms with Gasteiger partial charge >= 0.3 is 10.2 Å². The van der Waals surface area contributed by atoms with Crippen molar-refractivity contribution in [3.63, 3.8) is 0 Å². The Bertz CT molecular complexity index is 538. The lowest BCUT2D eigenvalue weighted by Gasteiger charge is -2.32. The van der Waals surface area contributed by atoms with Crippen LogP contribution in [0.2, 0.25) is 0 Å². The molecule has 2 rings (SSSR count). The molecule has 100 valence electrons. The molecule has 1 aliphatic heterocycles. The summed E-state index contributed by atoms with van der Waals surface area (Å²) in [6.07, 6.45) is 0.838. The van der Waals surface area contributed by atoms with E-state index in [4.69, 9.17) is 0 Å². The summed E-state index contributed by atoms with van der Waals surface area (Å²) in [4.78, 5) is 0. The highest BCUT2D eigenvalue weighted by Gasteiger charge is 2.28. The fourth-order valence-electron chi connectivity index (χ4n) is 2.34. The van der Waals surface area contributed by atoms with E-state index in [1.165, 1.54) is 4.31 Å². The average Bonchev–Trinajstić information content (AvgIpc) is 2.29. The Morgan fingerprint density at radius 2 is 2.06 bits per heavy atom. The highest BCUT2D eigenvalue weighted by molar-refractivity contribution is 7.90. The van der Waals surface area contributed by atoms with Crippen LogP contribution in [0.15, 0.2) is 18.2 Å². The van der Waals surface area contributed by atoms with Crippen molar-refractivity contribution in [2.75, 3.05) is 17.4 Å². The normalized spacial score (nSPS) is 19.2. The van der Waals surface area contributed by atoms with Gasteiger partial charge in [-0.15, -0.1) is 0 Å². The molecule has 1 saturated heterocycles. The molecule has 0 spiro atoms. The molecule has 0 amide bonds. The van der Waals surface area contributed by atoms with Crippen molar-refractivity contribution in [2.24, 2.45) is 0 Å². The minimum Gasteiger partial charge on any atom is -0.257 e. The van der Waals surface area contributed by atoms with Crippen LogP contribution in [-0.4, -0.2) is 21.5 Å². The lowest BCUT2D eigenvalue weighted by Crippen LogP contribution is -2.47. The number of nitrogens with one attached hydrogen (secondary N) is 1. The van der Waals surface area contributed by atoms with Gasteiger partial charge in [-0.1, -0.05) is 32.0 Å². The van der Waals surface area contributed by atoms with Crippen molar-refractivity contribution in [1.82, 2.24) is 4.72 Å². The monoisotopic (exact) mass is 268 g/mol. The fraction of sp³-hybridized carbons (Fsp3) is 0.538. The van der Waals surface area contributed by atoms with Crippen molar-refractivity contribution in [3.05, 3.63) is 29.3 Å². The first-order valence-electron chi connectivity index (χ1n) is 6.30. The number of benzene rings is 1. The maximum Gasteiger partial charge on any atom is 0.301 e. The highest BCUT2D eigenvalue weighted by atomic mass is 32.2. The number of para-hydroxylation sites is 1. The van der Waals surface area contributed by atoms with Crippen LogP contribution >= 0.6 is 0 Å². The molecular formula is C13H20N2O2S. The molecule has 1 fully saturated rings. The standard InChI is InChI=1S/C13H20N2O2S/c1-10(2)12-7-4-6-11(3)13(12)15-9-5-8-14-18(15,16)17/h4,6-7,10,14H,5,8-9H2,1-3H3. The molecule has 0 unspecified atom stereocenters. The molecule has 0 bridgehead atoms. The van der Waals surface area contributed by atoms with Crippen LogP contribution in [0, 0.1) is 6.92 Å². The molecule has 4 nitrogen and oxygen atoms in total. The van der Waals surface area contributed by atoms with Crippen molar-refractivity contribution in [3.8, 4) is 0 Å². The summed E-state index contributed by atoms with van der Waals surface area (Å²) in [6.45, 7) is 7.22. The molecule has 1 aromatic rings. The third kappa shape index (κ3) is 2.37. The van der Waals surface area contributed by atoms with Gasteiger partial charge in [0.2, 0.25) is 0 Å².